The third kappa shape index (κ3) is 3.01. The van der Waals surface area contributed by atoms with E-state index in [2.05, 4.69) is 16.2 Å². The Morgan fingerprint density at radius 2 is 2.16 bits per heavy atom. The second kappa shape index (κ2) is 5.86. The minimum Gasteiger partial charge on any atom is -0.444 e. The van der Waals surface area contributed by atoms with E-state index in [4.69, 9.17) is 4.74 Å². The molecule has 2 unspecified atom stereocenters. The number of carbonyl (C=O) groups is 1. The summed E-state index contributed by atoms with van der Waals surface area (Å²) < 4.78 is 7.52. The quantitative estimate of drug-likeness (QED) is 0.794. The highest BCUT2D eigenvalue weighted by Crippen LogP contribution is 2.37. The second-order valence-electron chi connectivity index (χ2n) is 7.87. The molecular formula is C19H24N4O2. The SMILES string of the molecule is CC(C)(C)OC(=O)N1C2C=C(c3cnc4cccnn34)CC1CCC2. The van der Waals surface area contributed by atoms with Crippen molar-refractivity contribution >= 4 is 17.3 Å². The first kappa shape index (κ1) is 16.1. The standard InChI is InChI=1S/C19H24N4O2/c1-19(2,3)25-18(24)22-14-6-4-7-15(22)11-13(10-14)16-12-20-17-8-5-9-21-23(16)17/h5,8-10,12,14-15H,4,6-7,11H2,1-3H3. The van der Waals surface area contributed by atoms with Crippen LogP contribution in [0.4, 0.5) is 4.79 Å². The monoisotopic (exact) mass is 340 g/mol. The number of piperidine rings is 1. The molecule has 4 heterocycles. The Morgan fingerprint density at radius 3 is 2.92 bits per heavy atom. The fourth-order valence-electron chi connectivity index (χ4n) is 3.87. The van der Waals surface area contributed by atoms with Gasteiger partial charge in [0.15, 0.2) is 5.65 Å². The number of amides is 1. The fourth-order valence-corrected chi connectivity index (χ4v) is 3.87. The van der Waals surface area contributed by atoms with Gasteiger partial charge < -0.3 is 4.74 Å². The number of rotatable bonds is 1. The van der Waals surface area contributed by atoms with Crippen molar-refractivity contribution in [3.05, 3.63) is 36.3 Å². The van der Waals surface area contributed by atoms with Crippen LogP contribution in [0, 0.1) is 0 Å². The summed E-state index contributed by atoms with van der Waals surface area (Å²) in [6.45, 7) is 5.74. The zero-order valence-electron chi connectivity index (χ0n) is 15.0. The Bertz CT molecular complexity index is 833. The molecule has 2 atom stereocenters. The highest BCUT2D eigenvalue weighted by Gasteiger charge is 2.39. The molecule has 1 amide bonds. The molecule has 0 N–H and O–H groups in total. The molecule has 2 bridgehead atoms. The van der Waals surface area contributed by atoms with Crippen molar-refractivity contribution < 1.29 is 9.53 Å². The predicted molar refractivity (Wildman–Crippen MR) is 95.1 cm³/mol. The molecule has 0 saturated carbocycles. The van der Waals surface area contributed by atoms with Gasteiger partial charge in [-0.2, -0.15) is 5.10 Å². The summed E-state index contributed by atoms with van der Waals surface area (Å²) in [5.41, 5.74) is 2.62. The zero-order valence-corrected chi connectivity index (χ0v) is 15.0. The number of fused-ring (bicyclic) bond motifs is 3. The normalized spacial score (nSPS) is 23.5. The Morgan fingerprint density at radius 1 is 1.32 bits per heavy atom. The molecule has 2 aromatic rings. The Balaban J connectivity index is 1.66. The molecule has 132 valence electrons. The minimum atomic E-state index is -0.471. The van der Waals surface area contributed by atoms with Gasteiger partial charge in [-0.3, -0.25) is 4.90 Å². The molecule has 0 aliphatic carbocycles. The van der Waals surface area contributed by atoms with E-state index in [1.807, 2.05) is 48.5 Å². The van der Waals surface area contributed by atoms with Crippen LogP contribution in [0.5, 0.6) is 0 Å². The van der Waals surface area contributed by atoms with Crippen molar-refractivity contribution in [3.63, 3.8) is 0 Å². The van der Waals surface area contributed by atoms with E-state index < -0.39 is 5.60 Å². The maximum absolute atomic E-state index is 12.7. The zero-order chi connectivity index (χ0) is 17.6. The van der Waals surface area contributed by atoms with Gasteiger partial charge in [0.2, 0.25) is 0 Å². The predicted octanol–water partition coefficient (Wildman–Crippen LogP) is 3.67. The van der Waals surface area contributed by atoms with Gasteiger partial charge in [0, 0.05) is 12.2 Å². The highest BCUT2D eigenvalue weighted by atomic mass is 16.6. The summed E-state index contributed by atoms with van der Waals surface area (Å²) in [7, 11) is 0. The third-order valence-electron chi connectivity index (χ3n) is 4.85. The van der Waals surface area contributed by atoms with Gasteiger partial charge >= 0.3 is 6.09 Å². The van der Waals surface area contributed by atoms with Gasteiger partial charge in [-0.25, -0.2) is 14.3 Å². The molecule has 0 spiro atoms. The average molecular weight is 340 g/mol. The lowest BCUT2D eigenvalue weighted by atomic mass is 9.84. The van der Waals surface area contributed by atoms with Crippen LogP contribution in [0.1, 0.15) is 52.1 Å². The number of carbonyl (C=O) groups excluding carboxylic acids is 1. The van der Waals surface area contributed by atoms with E-state index in [1.54, 1.807) is 6.20 Å². The summed E-state index contributed by atoms with van der Waals surface area (Å²) in [6.07, 6.45) is 9.61. The summed E-state index contributed by atoms with van der Waals surface area (Å²) in [5.74, 6) is 0. The van der Waals surface area contributed by atoms with Crippen LogP contribution in [0.2, 0.25) is 0 Å². The number of ether oxygens (including phenoxy) is 1. The first-order chi connectivity index (χ1) is 11.9. The van der Waals surface area contributed by atoms with Crippen molar-refractivity contribution in [2.45, 2.75) is 64.1 Å². The smallest absolute Gasteiger partial charge is 0.411 e. The van der Waals surface area contributed by atoms with Crippen LogP contribution in [0.3, 0.4) is 0 Å². The lowest BCUT2D eigenvalue weighted by Crippen LogP contribution is -2.53. The van der Waals surface area contributed by atoms with Crippen LogP contribution in [0.15, 0.2) is 30.6 Å². The van der Waals surface area contributed by atoms with E-state index in [9.17, 15) is 4.79 Å². The molecule has 0 radical (unpaired) electrons. The number of imidazole rings is 1. The van der Waals surface area contributed by atoms with Crippen molar-refractivity contribution in [1.29, 1.82) is 0 Å². The molecule has 6 nitrogen and oxygen atoms in total. The second-order valence-corrected chi connectivity index (χ2v) is 7.87. The fraction of sp³-hybridized carbons (Fsp3) is 0.526. The van der Waals surface area contributed by atoms with Gasteiger partial charge in [-0.15, -0.1) is 0 Å². The third-order valence-corrected chi connectivity index (χ3v) is 4.85. The summed E-state index contributed by atoms with van der Waals surface area (Å²) >= 11 is 0. The van der Waals surface area contributed by atoms with Crippen molar-refractivity contribution in [3.8, 4) is 0 Å². The van der Waals surface area contributed by atoms with Crippen LogP contribution < -0.4 is 0 Å². The first-order valence-electron chi connectivity index (χ1n) is 8.93. The first-order valence-corrected chi connectivity index (χ1v) is 8.93. The van der Waals surface area contributed by atoms with E-state index in [0.717, 1.165) is 37.0 Å². The molecule has 2 aromatic heterocycles. The van der Waals surface area contributed by atoms with Crippen LogP contribution >= 0.6 is 0 Å². The van der Waals surface area contributed by atoms with Crippen molar-refractivity contribution in [2.24, 2.45) is 0 Å². The molecule has 2 aliphatic heterocycles. The molecule has 0 aromatic carbocycles. The van der Waals surface area contributed by atoms with E-state index in [-0.39, 0.29) is 18.2 Å². The molecule has 4 rings (SSSR count). The van der Waals surface area contributed by atoms with Crippen LogP contribution in [-0.2, 0) is 4.74 Å². The number of hydrogen-bond donors (Lipinski definition) is 0. The van der Waals surface area contributed by atoms with Crippen molar-refractivity contribution in [2.75, 3.05) is 0 Å². The lowest BCUT2D eigenvalue weighted by molar-refractivity contribution is 0.0000622. The summed E-state index contributed by atoms with van der Waals surface area (Å²) in [4.78, 5) is 19.1. The average Bonchev–Trinajstić information content (AvgIpc) is 2.96. The number of nitrogens with zero attached hydrogens (tertiary/aromatic N) is 4. The molecule has 1 saturated heterocycles. The maximum Gasteiger partial charge on any atom is 0.411 e. The highest BCUT2D eigenvalue weighted by molar-refractivity contribution is 5.74. The van der Waals surface area contributed by atoms with Gasteiger partial charge in [0.05, 0.1) is 17.9 Å². The topological polar surface area (TPSA) is 59.7 Å². The van der Waals surface area contributed by atoms with Crippen LogP contribution in [-0.4, -0.2) is 43.3 Å². The Labute approximate surface area is 147 Å². The summed E-state index contributed by atoms with van der Waals surface area (Å²) in [5, 5.41) is 4.42. The molecule has 2 aliphatic rings. The minimum absolute atomic E-state index is 0.0895. The van der Waals surface area contributed by atoms with Crippen molar-refractivity contribution in [1.82, 2.24) is 19.5 Å². The van der Waals surface area contributed by atoms with E-state index >= 15 is 0 Å². The molecule has 6 heteroatoms. The van der Waals surface area contributed by atoms with Crippen LogP contribution in [0.25, 0.3) is 11.2 Å². The Kier molecular flexibility index (Phi) is 3.78. The summed E-state index contributed by atoms with van der Waals surface area (Å²) in [6, 6.07) is 4.11. The largest absolute Gasteiger partial charge is 0.444 e. The van der Waals surface area contributed by atoms with E-state index in [1.165, 1.54) is 5.57 Å². The van der Waals surface area contributed by atoms with E-state index in [0.29, 0.717) is 0 Å². The Hall–Kier alpha value is -2.37. The number of hydrogen-bond acceptors (Lipinski definition) is 4. The molecular weight excluding hydrogens is 316 g/mol. The lowest BCUT2D eigenvalue weighted by Gasteiger charge is -2.44. The maximum atomic E-state index is 12.7. The number of aromatic nitrogens is 3. The van der Waals surface area contributed by atoms with Gasteiger partial charge in [-0.1, -0.05) is 6.08 Å². The molecule has 1 fully saturated rings. The van der Waals surface area contributed by atoms with Gasteiger partial charge in [0.1, 0.15) is 5.60 Å². The van der Waals surface area contributed by atoms with Gasteiger partial charge in [-0.05, 0) is 64.2 Å². The van der Waals surface area contributed by atoms with Gasteiger partial charge in [0.25, 0.3) is 0 Å². The molecule has 25 heavy (non-hydrogen) atoms.